The summed E-state index contributed by atoms with van der Waals surface area (Å²) in [7, 11) is 0. The van der Waals surface area contributed by atoms with Gasteiger partial charge >= 0.3 is 5.97 Å². The highest BCUT2D eigenvalue weighted by molar-refractivity contribution is 14.1. The van der Waals surface area contributed by atoms with Gasteiger partial charge in [-0.15, -0.1) is 0 Å². The molecule has 1 aliphatic rings. The number of carbonyl (C=O) groups is 2. The first kappa shape index (κ1) is 15.5. The maximum Gasteiger partial charge on any atom is 0.332 e. The highest BCUT2D eigenvalue weighted by Crippen LogP contribution is 2.21. The van der Waals surface area contributed by atoms with Gasteiger partial charge in [0.05, 0.1) is 11.1 Å². The van der Waals surface area contributed by atoms with Crippen molar-refractivity contribution >= 4 is 46.1 Å². The Hall–Kier alpha value is -0.860. The highest BCUT2D eigenvalue weighted by atomic mass is 127. The molecule has 7 heteroatoms. The van der Waals surface area contributed by atoms with Crippen LogP contribution in [0.25, 0.3) is 0 Å². The van der Waals surface area contributed by atoms with E-state index in [0.29, 0.717) is 30.0 Å². The van der Waals surface area contributed by atoms with Crippen molar-refractivity contribution in [1.82, 2.24) is 5.32 Å². The molecule has 2 unspecified atom stereocenters. The van der Waals surface area contributed by atoms with Crippen LogP contribution in [-0.2, 0) is 9.53 Å². The number of hydrogen-bond donors (Lipinski definition) is 2. The molecule has 2 atom stereocenters. The molecule has 2 rings (SSSR count). The van der Waals surface area contributed by atoms with Gasteiger partial charge in [0.2, 0.25) is 0 Å². The average molecular weight is 410 g/mol. The summed E-state index contributed by atoms with van der Waals surface area (Å²) in [6, 6.07) is 5.07. The first-order valence-corrected chi connectivity index (χ1v) is 7.54. The van der Waals surface area contributed by atoms with Crippen LogP contribution in [0.15, 0.2) is 18.2 Å². The van der Waals surface area contributed by atoms with Crippen LogP contribution in [0.4, 0.5) is 0 Å². The van der Waals surface area contributed by atoms with Gasteiger partial charge in [-0.2, -0.15) is 0 Å². The van der Waals surface area contributed by atoms with E-state index >= 15 is 0 Å². The molecule has 0 spiro atoms. The number of benzene rings is 1. The van der Waals surface area contributed by atoms with Gasteiger partial charge < -0.3 is 15.2 Å². The highest BCUT2D eigenvalue weighted by Gasteiger charge is 2.30. The van der Waals surface area contributed by atoms with Gasteiger partial charge in [0, 0.05) is 15.7 Å². The lowest BCUT2D eigenvalue weighted by molar-refractivity contribution is -0.149. The Morgan fingerprint density at radius 3 is 2.80 bits per heavy atom. The Labute approximate surface area is 134 Å². The summed E-state index contributed by atoms with van der Waals surface area (Å²) >= 11 is 8.05. The molecule has 20 heavy (non-hydrogen) atoms. The summed E-state index contributed by atoms with van der Waals surface area (Å²) in [6.45, 7) is 0.298. The van der Waals surface area contributed by atoms with Gasteiger partial charge in [0.1, 0.15) is 0 Å². The first-order chi connectivity index (χ1) is 9.47. The molecular weight excluding hydrogens is 397 g/mol. The molecule has 0 aromatic heterocycles. The van der Waals surface area contributed by atoms with Gasteiger partial charge in [-0.25, -0.2) is 4.79 Å². The monoisotopic (exact) mass is 409 g/mol. The Balaban J connectivity index is 1.86. The molecular formula is C13H13ClINO4. The topological polar surface area (TPSA) is 75.6 Å². The van der Waals surface area contributed by atoms with E-state index in [1.165, 1.54) is 0 Å². The number of carboxylic acids is 1. The summed E-state index contributed by atoms with van der Waals surface area (Å²) in [5, 5.41) is 12.1. The Morgan fingerprint density at radius 2 is 2.20 bits per heavy atom. The molecule has 1 fully saturated rings. The Bertz CT molecular complexity index is 537. The molecule has 0 radical (unpaired) electrons. The molecule has 5 nitrogen and oxygen atoms in total. The molecule has 1 heterocycles. The maximum absolute atomic E-state index is 11.9. The van der Waals surface area contributed by atoms with E-state index in [0.717, 1.165) is 3.57 Å². The maximum atomic E-state index is 11.9. The van der Waals surface area contributed by atoms with E-state index in [4.69, 9.17) is 21.4 Å². The van der Waals surface area contributed by atoms with Crippen LogP contribution in [0.2, 0.25) is 5.02 Å². The minimum atomic E-state index is -0.955. The van der Waals surface area contributed by atoms with Gasteiger partial charge in [0.15, 0.2) is 6.10 Å². The van der Waals surface area contributed by atoms with Gasteiger partial charge in [-0.3, -0.25) is 4.79 Å². The summed E-state index contributed by atoms with van der Waals surface area (Å²) in [6.07, 6.45) is 0.0969. The molecule has 1 saturated heterocycles. The largest absolute Gasteiger partial charge is 0.479 e. The molecule has 2 N–H and O–H groups in total. The Kier molecular flexibility index (Phi) is 5.22. The molecule has 1 aromatic carbocycles. The zero-order chi connectivity index (χ0) is 14.7. The lowest BCUT2D eigenvalue weighted by Gasteiger charge is -2.12. The molecule has 0 saturated carbocycles. The summed E-state index contributed by atoms with van der Waals surface area (Å²) in [5.74, 6) is -1.20. The number of nitrogens with one attached hydrogen (secondary N) is 1. The predicted molar refractivity (Wildman–Crippen MR) is 82.0 cm³/mol. The van der Waals surface area contributed by atoms with Crippen LogP contribution in [0, 0.1) is 3.57 Å². The van der Waals surface area contributed by atoms with Crippen LogP contribution in [0.5, 0.6) is 0 Å². The number of ether oxygens (including phenoxy) is 1. The molecule has 0 bridgehead atoms. The standard InChI is InChI=1S/C13H13ClINO4/c14-9-5-7(1-3-10(9)15)12(17)16-6-8-2-4-11(20-8)13(18)19/h1,3,5,8,11H,2,4,6H2,(H,16,17)(H,18,19). The molecule has 1 amide bonds. The van der Waals surface area contributed by atoms with Crippen molar-refractivity contribution in [2.75, 3.05) is 6.54 Å². The molecule has 1 aliphatic heterocycles. The number of carbonyl (C=O) groups excluding carboxylic acids is 1. The smallest absolute Gasteiger partial charge is 0.332 e. The van der Waals surface area contributed by atoms with Crippen LogP contribution in [-0.4, -0.2) is 35.7 Å². The summed E-state index contributed by atoms with van der Waals surface area (Å²) in [5.41, 5.74) is 0.475. The lowest BCUT2D eigenvalue weighted by Crippen LogP contribution is -2.33. The lowest BCUT2D eigenvalue weighted by atomic mass is 10.2. The van der Waals surface area contributed by atoms with Crippen LogP contribution in [0.1, 0.15) is 23.2 Å². The van der Waals surface area contributed by atoms with Gasteiger partial charge in [0.25, 0.3) is 5.91 Å². The van der Waals surface area contributed by atoms with Crippen LogP contribution < -0.4 is 5.32 Å². The van der Waals surface area contributed by atoms with Gasteiger partial charge in [-0.05, 0) is 53.6 Å². The fraction of sp³-hybridized carbons (Fsp3) is 0.385. The second-order valence-corrected chi connectivity index (χ2v) is 6.07. The third-order valence-electron chi connectivity index (χ3n) is 3.06. The van der Waals surface area contributed by atoms with Crippen molar-refractivity contribution in [2.24, 2.45) is 0 Å². The number of hydrogen-bond acceptors (Lipinski definition) is 3. The van der Waals surface area contributed by atoms with Crippen LogP contribution >= 0.6 is 34.2 Å². The number of halogens is 2. The van der Waals surface area contributed by atoms with Crippen LogP contribution in [0.3, 0.4) is 0 Å². The van der Waals surface area contributed by atoms with E-state index in [1.54, 1.807) is 18.2 Å². The summed E-state index contributed by atoms with van der Waals surface area (Å²) in [4.78, 5) is 22.7. The zero-order valence-corrected chi connectivity index (χ0v) is 13.3. The fourth-order valence-corrected chi connectivity index (χ4v) is 2.50. The van der Waals surface area contributed by atoms with Crippen molar-refractivity contribution in [3.8, 4) is 0 Å². The minimum absolute atomic E-state index is 0.245. The average Bonchev–Trinajstić information content (AvgIpc) is 2.88. The van der Waals surface area contributed by atoms with Crippen molar-refractivity contribution in [3.63, 3.8) is 0 Å². The molecule has 1 aromatic rings. The van der Waals surface area contributed by atoms with E-state index in [2.05, 4.69) is 27.9 Å². The number of carboxylic acid groups (broad SMARTS) is 1. The first-order valence-electron chi connectivity index (χ1n) is 6.09. The van der Waals surface area contributed by atoms with E-state index in [-0.39, 0.29) is 12.0 Å². The number of amides is 1. The molecule has 108 valence electrons. The second-order valence-electron chi connectivity index (χ2n) is 4.50. The second kappa shape index (κ2) is 6.73. The SMILES string of the molecule is O=C(NCC1CCC(C(=O)O)O1)c1ccc(I)c(Cl)c1. The third kappa shape index (κ3) is 3.83. The Morgan fingerprint density at radius 1 is 1.45 bits per heavy atom. The quantitative estimate of drug-likeness (QED) is 0.749. The van der Waals surface area contributed by atoms with E-state index in [1.807, 2.05) is 0 Å². The van der Waals surface area contributed by atoms with E-state index < -0.39 is 12.1 Å². The number of rotatable bonds is 4. The normalized spacial score (nSPS) is 21.7. The van der Waals surface area contributed by atoms with Gasteiger partial charge in [-0.1, -0.05) is 11.6 Å². The van der Waals surface area contributed by atoms with Crippen molar-refractivity contribution in [1.29, 1.82) is 0 Å². The van der Waals surface area contributed by atoms with Crippen molar-refractivity contribution in [3.05, 3.63) is 32.4 Å². The fourth-order valence-electron chi connectivity index (χ4n) is 1.98. The predicted octanol–water partition coefficient (Wildman–Crippen LogP) is 2.31. The van der Waals surface area contributed by atoms with Crippen molar-refractivity contribution < 1.29 is 19.4 Å². The van der Waals surface area contributed by atoms with Crippen molar-refractivity contribution in [2.45, 2.75) is 25.0 Å². The zero-order valence-electron chi connectivity index (χ0n) is 10.4. The minimum Gasteiger partial charge on any atom is -0.479 e. The summed E-state index contributed by atoms with van der Waals surface area (Å²) < 4.78 is 6.19. The number of aliphatic carboxylic acids is 1. The van der Waals surface area contributed by atoms with E-state index in [9.17, 15) is 9.59 Å². The third-order valence-corrected chi connectivity index (χ3v) is 4.63. The molecule has 0 aliphatic carbocycles.